The molecule has 0 saturated heterocycles. The highest BCUT2D eigenvalue weighted by atomic mass is 16.1. The smallest absolute Gasteiger partial charge is 0.224 e. The average molecular weight is 259 g/mol. The van der Waals surface area contributed by atoms with Crippen LogP contribution in [0.25, 0.3) is 11.4 Å². The van der Waals surface area contributed by atoms with E-state index < -0.39 is 0 Å². The summed E-state index contributed by atoms with van der Waals surface area (Å²) in [6, 6.07) is 7.47. The summed E-state index contributed by atoms with van der Waals surface area (Å²) in [6.07, 6.45) is 0.523. The van der Waals surface area contributed by atoms with Crippen molar-refractivity contribution in [1.29, 1.82) is 0 Å². The second-order valence-corrected chi connectivity index (χ2v) is 4.85. The van der Waals surface area contributed by atoms with E-state index >= 15 is 0 Å². The van der Waals surface area contributed by atoms with Crippen molar-refractivity contribution >= 4 is 11.6 Å². The predicted octanol–water partition coefficient (Wildman–Crippen LogP) is 1.86. The number of benzene rings is 1. The monoisotopic (exact) mass is 259 g/mol. The zero-order valence-corrected chi connectivity index (χ0v) is 11.3. The number of amides is 1. The zero-order valence-electron chi connectivity index (χ0n) is 11.3. The fraction of sp³-hybridized carbons (Fsp3) is 0.385. The highest BCUT2D eigenvalue weighted by Gasteiger charge is 2.07. The second-order valence-electron chi connectivity index (χ2n) is 4.85. The van der Waals surface area contributed by atoms with Gasteiger partial charge in [0.05, 0.1) is 0 Å². The standard InChI is InChI=1S/C13H17N5O/c1-9(2)8-12(19)14-11-6-4-10(5-7-11)13-15-16-17-18(13)3/h4-7,9H,8H2,1-3H3,(H,14,19). The summed E-state index contributed by atoms with van der Waals surface area (Å²) in [7, 11) is 1.79. The summed E-state index contributed by atoms with van der Waals surface area (Å²) in [5, 5.41) is 14.2. The normalized spacial score (nSPS) is 10.7. The Morgan fingerprint density at radius 3 is 2.53 bits per heavy atom. The molecule has 1 amide bonds. The van der Waals surface area contributed by atoms with Crippen molar-refractivity contribution in [2.75, 3.05) is 5.32 Å². The number of aromatic nitrogens is 4. The highest BCUT2D eigenvalue weighted by Crippen LogP contribution is 2.18. The first-order valence-corrected chi connectivity index (χ1v) is 6.19. The molecule has 0 saturated carbocycles. The molecular weight excluding hydrogens is 242 g/mol. The molecule has 1 N–H and O–H groups in total. The molecule has 0 atom stereocenters. The second kappa shape index (κ2) is 5.60. The molecule has 1 heterocycles. The van der Waals surface area contributed by atoms with Crippen molar-refractivity contribution in [3.05, 3.63) is 24.3 Å². The van der Waals surface area contributed by atoms with Crippen LogP contribution in [0.15, 0.2) is 24.3 Å². The van der Waals surface area contributed by atoms with Gasteiger partial charge >= 0.3 is 0 Å². The Morgan fingerprint density at radius 2 is 2.00 bits per heavy atom. The molecule has 0 aliphatic heterocycles. The Labute approximate surface area is 111 Å². The van der Waals surface area contributed by atoms with E-state index in [9.17, 15) is 4.79 Å². The van der Waals surface area contributed by atoms with Crippen molar-refractivity contribution < 1.29 is 4.79 Å². The Kier molecular flexibility index (Phi) is 3.89. The topological polar surface area (TPSA) is 72.7 Å². The van der Waals surface area contributed by atoms with Crippen LogP contribution in [0.3, 0.4) is 0 Å². The van der Waals surface area contributed by atoms with Gasteiger partial charge in [-0.2, -0.15) is 0 Å². The maximum atomic E-state index is 11.6. The Morgan fingerprint density at radius 1 is 1.32 bits per heavy atom. The molecule has 0 fully saturated rings. The molecule has 19 heavy (non-hydrogen) atoms. The summed E-state index contributed by atoms with van der Waals surface area (Å²) in [6.45, 7) is 4.04. The molecule has 0 spiro atoms. The number of rotatable bonds is 4. The van der Waals surface area contributed by atoms with Crippen LogP contribution in [0.5, 0.6) is 0 Å². The SMILES string of the molecule is CC(C)CC(=O)Nc1ccc(-c2nnnn2C)cc1. The van der Waals surface area contributed by atoms with Crippen LogP contribution in [0.2, 0.25) is 0 Å². The molecule has 0 aliphatic carbocycles. The van der Waals surface area contributed by atoms with E-state index in [1.54, 1.807) is 11.7 Å². The van der Waals surface area contributed by atoms with Crippen molar-refractivity contribution in [1.82, 2.24) is 20.2 Å². The van der Waals surface area contributed by atoms with Gasteiger partial charge in [0.15, 0.2) is 5.82 Å². The highest BCUT2D eigenvalue weighted by molar-refractivity contribution is 5.91. The number of tetrazole rings is 1. The third kappa shape index (κ3) is 3.37. The van der Waals surface area contributed by atoms with Gasteiger partial charge in [0.2, 0.25) is 5.91 Å². The molecule has 0 bridgehead atoms. The third-order valence-electron chi connectivity index (χ3n) is 2.64. The lowest BCUT2D eigenvalue weighted by molar-refractivity contribution is -0.116. The first-order valence-electron chi connectivity index (χ1n) is 6.19. The maximum absolute atomic E-state index is 11.6. The number of aryl methyl sites for hydroxylation is 1. The van der Waals surface area contributed by atoms with Gasteiger partial charge in [-0.1, -0.05) is 13.8 Å². The lowest BCUT2D eigenvalue weighted by atomic mass is 10.1. The number of nitrogens with zero attached hydrogens (tertiary/aromatic N) is 4. The number of carbonyl (C=O) groups is 1. The van der Waals surface area contributed by atoms with E-state index in [0.717, 1.165) is 11.3 Å². The van der Waals surface area contributed by atoms with Crippen LogP contribution < -0.4 is 5.32 Å². The number of nitrogens with one attached hydrogen (secondary N) is 1. The summed E-state index contributed by atoms with van der Waals surface area (Å²) in [4.78, 5) is 11.6. The van der Waals surface area contributed by atoms with E-state index in [1.165, 1.54) is 0 Å². The van der Waals surface area contributed by atoms with E-state index in [2.05, 4.69) is 20.8 Å². The summed E-state index contributed by atoms with van der Waals surface area (Å²) in [5.41, 5.74) is 1.69. The molecule has 6 heteroatoms. The molecule has 100 valence electrons. The predicted molar refractivity (Wildman–Crippen MR) is 72.3 cm³/mol. The van der Waals surface area contributed by atoms with Gasteiger partial charge in [-0.15, -0.1) is 5.10 Å². The third-order valence-corrected chi connectivity index (χ3v) is 2.64. The molecule has 2 rings (SSSR count). The molecule has 1 aromatic carbocycles. The van der Waals surface area contributed by atoms with Gasteiger partial charge in [-0.05, 0) is 40.6 Å². The number of hydrogen-bond donors (Lipinski definition) is 1. The minimum absolute atomic E-state index is 0.0306. The van der Waals surface area contributed by atoms with E-state index in [1.807, 2.05) is 38.1 Å². The first kappa shape index (κ1) is 13.2. The Bertz CT molecular complexity index is 559. The van der Waals surface area contributed by atoms with Gasteiger partial charge < -0.3 is 5.32 Å². The Balaban J connectivity index is 2.07. The lowest BCUT2D eigenvalue weighted by Crippen LogP contribution is -2.13. The van der Waals surface area contributed by atoms with Gasteiger partial charge in [0.1, 0.15) is 0 Å². The van der Waals surface area contributed by atoms with Crippen LogP contribution in [0.1, 0.15) is 20.3 Å². The van der Waals surface area contributed by atoms with Crippen molar-refractivity contribution in [3.63, 3.8) is 0 Å². The maximum Gasteiger partial charge on any atom is 0.224 e. The molecule has 6 nitrogen and oxygen atoms in total. The molecular formula is C13H17N5O. The molecule has 2 aromatic rings. The van der Waals surface area contributed by atoms with Gasteiger partial charge in [-0.25, -0.2) is 4.68 Å². The van der Waals surface area contributed by atoms with Gasteiger partial charge in [0.25, 0.3) is 0 Å². The van der Waals surface area contributed by atoms with Crippen LogP contribution in [0, 0.1) is 5.92 Å². The minimum atomic E-state index is 0.0306. The van der Waals surface area contributed by atoms with Gasteiger partial charge in [-0.3, -0.25) is 4.79 Å². The average Bonchev–Trinajstić information content (AvgIpc) is 2.75. The molecule has 0 radical (unpaired) electrons. The zero-order chi connectivity index (χ0) is 13.8. The lowest BCUT2D eigenvalue weighted by Gasteiger charge is -2.07. The van der Waals surface area contributed by atoms with Crippen molar-refractivity contribution in [3.8, 4) is 11.4 Å². The van der Waals surface area contributed by atoms with Gasteiger partial charge in [0, 0.05) is 24.7 Å². The number of anilines is 1. The fourth-order valence-electron chi connectivity index (χ4n) is 1.76. The van der Waals surface area contributed by atoms with Crippen LogP contribution in [-0.4, -0.2) is 26.1 Å². The number of hydrogen-bond acceptors (Lipinski definition) is 4. The molecule has 0 unspecified atom stereocenters. The molecule has 1 aromatic heterocycles. The minimum Gasteiger partial charge on any atom is -0.326 e. The quantitative estimate of drug-likeness (QED) is 0.909. The Hall–Kier alpha value is -2.24. The van der Waals surface area contributed by atoms with E-state index in [0.29, 0.717) is 18.2 Å². The summed E-state index contributed by atoms with van der Waals surface area (Å²) < 4.78 is 1.60. The van der Waals surface area contributed by atoms with Crippen LogP contribution >= 0.6 is 0 Å². The fourth-order valence-corrected chi connectivity index (χ4v) is 1.76. The van der Waals surface area contributed by atoms with Crippen molar-refractivity contribution in [2.24, 2.45) is 13.0 Å². The molecule has 0 aliphatic rings. The van der Waals surface area contributed by atoms with E-state index in [4.69, 9.17) is 0 Å². The van der Waals surface area contributed by atoms with E-state index in [-0.39, 0.29) is 5.91 Å². The van der Waals surface area contributed by atoms with Crippen LogP contribution in [0.4, 0.5) is 5.69 Å². The summed E-state index contributed by atoms with van der Waals surface area (Å²) in [5.74, 6) is 1.08. The first-order chi connectivity index (χ1) is 9.06. The number of carbonyl (C=O) groups excluding carboxylic acids is 1. The van der Waals surface area contributed by atoms with Crippen molar-refractivity contribution in [2.45, 2.75) is 20.3 Å². The van der Waals surface area contributed by atoms with Crippen LogP contribution in [-0.2, 0) is 11.8 Å². The largest absolute Gasteiger partial charge is 0.326 e. The summed E-state index contributed by atoms with van der Waals surface area (Å²) >= 11 is 0.